The Labute approximate surface area is 91.4 Å². The van der Waals surface area contributed by atoms with Gasteiger partial charge in [0.25, 0.3) is 0 Å². The zero-order chi connectivity index (χ0) is 9.68. The number of carbonyl (C=O) groups excluding carboxylic acids is 1. The summed E-state index contributed by atoms with van der Waals surface area (Å²) in [6.45, 7) is 1.89. The molecule has 0 radical (unpaired) electrons. The van der Waals surface area contributed by atoms with Crippen LogP contribution in [0.1, 0.15) is 12.5 Å². The van der Waals surface area contributed by atoms with Crippen LogP contribution >= 0.6 is 22.6 Å². The van der Waals surface area contributed by atoms with Crippen LogP contribution in [-0.4, -0.2) is 12.6 Å². The third-order valence-corrected chi connectivity index (χ3v) is 2.69. The minimum atomic E-state index is -0.217. The van der Waals surface area contributed by atoms with E-state index in [4.69, 9.17) is 4.74 Å². The molecule has 0 atom stereocenters. The quantitative estimate of drug-likeness (QED) is 0.631. The van der Waals surface area contributed by atoms with Gasteiger partial charge in [0.1, 0.15) is 0 Å². The minimum Gasteiger partial charge on any atom is -0.466 e. The van der Waals surface area contributed by atoms with Crippen molar-refractivity contribution >= 4 is 28.6 Å². The zero-order valence-electron chi connectivity index (χ0n) is 7.42. The number of hydrogen-bond acceptors (Lipinski definition) is 2. The lowest BCUT2D eigenvalue weighted by Crippen LogP contribution is -2.04. The molecule has 0 N–H and O–H groups in total. The van der Waals surface area contributed by atoms with Gasteiger partial charge >= 0.3 is 5.97 Å². The molecule has 2 nitrogen and oxygen atoms in total. The van der Waals surface area contributed by atoms with Crippen LogP contribution in [0.2, 0.25) is 0 Å². The van der Waals surface area contributed by atoms with Crippen molar-refractivity contribution < 1.29 is 9.53 Å². The van der Waals surface area contributed by atoms with Gasteiger partial charge in [-0.1, -0.05) is 18.2 Å². The molecule has 0 aliphatic carbocycles. The van der Waals surface area contributed by atoms with Crippen molar-refractivity contribution in [2.24, 2.45) is 0 Å². The minimum absolute atomic E-state index is 0.217. The normalized spacial score (nSPS) is 9.69. The average molecular weight is 290 g/mol. The van der Waals surface area contributed by atoms with Crippen molar-refractivity contribution in [3.63, 3.8) is 0 Å². The summed E-state index contributed by atoms with van der Waals surface area (Å²) in [7, 11) is 0. The average Bonchev–Trinajstić information content (AvgIpc) is 2.08. The van der Waals surface area contributed by atoms with Crippen LogP contribution in [0, 0.1) is 3.57 Å². The van der Waals surface area contributed by atoms with E-state index in [1.54, 1.807) is 0 Å². The summed E-state index contributed by atoms with van der Waals surface area (Å²) in [5.74, 6) is -0.217. The van der Waals surface area contributed by atoms with Crippen molar-refractivity contribution in [1.82, 2.24) is 0 Å². The van der Waals surface area contributed by atoms with Gasteiger partial charge in [0.15, 0.2) is 0 Å². The predicted octanol–water partition coefficient (Wildman–Crippen LogP) is 2.40. The van der Waals surface area contributed by atoms with Gasteiger partial charge in [-0.3, -0.25) is 4.79 Å². The van der Waals surface area contributed by atoms with Gasteiger partial charge in [-0.15, -0.1) is 0 Å². The first-order valence-electron chi connectivity index (χ1n) is 4.07. The molecule has 0 aliphatic rings. The predicted molar refractivity (Wildman–Crippen MR) is 59.5 cm³/mol. The smallest absolute Gasteiger partial charge is 0.302 e. The first-order chi connectivity index (χ1) is 6.20. The van der Waals surface area contributed by atoms with Crippen molar-refractivity contribution in [2.45, 2.75) is 13.3 Å². The topological polar surface area (TPSA) is 26.3 Å². The maximum Gasteiger partial charge on any atom is 0.302 e. The fourth-order valence-electron chi connectivity index (χ4n) is 1.01. The summed E-state index contributed by atoms with van der Waals surface area (Å²) in [5.41, 5.74) is 1.23. The molecular weight excluding hydrogens is 279 g/mol. The second-order valence-electron chi connectivity index (χ2n) is 2.68. The van der Waals surface area contributed by atoms with E-state index in [0.29, 0.717) is 6.61 Å². The molecule has 0 saturated heterocycles. The van der Waals surface area contributed by atoms with Gasteiger partial charge < -0.3 is 4.74 Å². The lowest BCUT2D eigenvalue weighted by molar-refractivity contribution is -0.140. The van der Waals surface area contributed by atoms with Crippen LogP contribution in [0.4, 0.5) is 0 Å². The molecule has 1 aromatic rings. The number of rotatable bonds is 3. The highest BCUT2D eigenvalue weighted by Crippen LogP contribution is 2.11. The van der Waals surface area contributed by atoms with E-state index >= 15 is 0 Å². The molecular formula is C10H11IO2. The summed E-state index contributed by atoms with van der Waals surface area (Å²) >= 11 is 2.28. The SMILES string of the molecule is CC(=O)OCCc1ccccc1I. The molecule has 0 aromatic heterocycles. The standard InChI is InChI=1S/C10H11IO2/c1-8(12)13-7-6-9-4-2-3-5-10(9)11/h2-5H,6-7H2,1H3. The molecule has 0 heterocycles. The highest BCUT2D eigenvalue weighted by Gasteiger charge is 1.99. The number of benzene rings is 1. The van der Waals surface area contributed by atoms with Gasteiger partial charge in [-0.05, 0) is 34.2 Å². The van der Waals surface area contributed by atoms with Gasteiger partial charge in [0.05, 0.1) is 6.61 Å². The van der Waals surface area contributed by atoms with E-state index in [-0.39, 0.29) is 5.97 Å². The molecule has 1 rings (SSSR count). The van der Waals surface area contributed by atoms with Crippen LogP contribution in [-0.2, 0) is 16.0 Å². The first kappa shape index (κ1) is 10.5. The highest BCUT2D eigenvalue weighted by atomic mass is 127. The molecule has 0 aliphatic heterocycles. The molecule has 70 valence electrons. The molecule has 0 bridgehead atoms. The van der Waals surface area contributed by atoms with Crippen LogP contribution in [0.25, 0.3) is 0 Å². The zero-order valence-corrected chi connectivity index (χ0v) is 9.58. The summed E-state index contributed by atoms with van der Waals surface area (Å²) < 4.78 is 6.07. The maximum absolute atomic E-state index is 10.5. The Morgan fingerprint density at radius 3 is 2.77 bits per heavy atom. The Morgan fingerprint density at radius 2 is 2.15 bits per heavy atom. The van der Waals surface area contributed by atoms with Crippen LogP contribution in [0.3, 0.4) is 0 Å². The molecule has 1 aromatic carbocycles. The van der Waals surface area contributed by atoms with E-state index in [9.17, 15) is 4.79 Å². The fourth-order valence-corrected chi connectivity index (χ4v) is 1.66. The van der Waals surface area contributed by atoms with Crippen LogP contribution in [0.5, 0.6) is 0 Å². The number of carbonyl (C=O) groups is 1. The molecule has 0 spiro atoms. The summed E-state index contributed by atoms with van der Waals surface area (Å²) in [6.07, 6.45) is 0.790. The third kappa shape index (κ3) is 3.76. The van der Waals surface area contributed by atoms with Gasteiger partial charge in [0, 0.05) is 16.9 Å². The maximum atomic E-state index is 10.5. The Kier molecular flexibility index (Phi) is 4.21. The number of halogens is 1. The molecule has 0 saturated carbocycles. The Morgan fingerprint density at radius 1 is 1.46 bits per heavy atom. The summed E-state index contributed by atoms with van der Waals surface area (Å²) in [6, 6.07) is 8.08. The molecule has 0 unspecified atom stereocenters. The molecule has 0 amide bonds. The fraction of sp³-hybridized carbons (Fsp3) is 0.300. The summed E-state index contributed by atoms with van der Waals surface area (Å²) in [5, 5.41) is 0. The monoisotopic (exact) mass is 290 g/mol. The van der Waals surface area contributed by atoms with E-state index in [1.165, 1.54) is 16.1 Å². The van der Waals surface area contributed by atoms with Crippen molar-refractivity contribution in [1.29, 1.82) is 0 Å². The van der Waals surface area contributed by atoms with E-state index < -0.39 is 0 Å². The van der Waals surface area contributed by atoms with E-state index in [0.717, 1.165) is 6.42 Å². The molecule has 13 heavy (non-hydrogen) atoms. The number of esters is 1. The Balaban J connectivity index is 2.45. The van der Waals surface area contributed by atoms with E-state index in [1.807, 2.05) is 24.3 Å². The van der Waals surface area contributed by atoms with Crippen molar-refractivity contribution in [2.75, 3.05) is 6.61 Å². The van der Waals surface area contributed by atoms with Crippen LogP contribution < -0.4 is 0 Å². The van der Waals surface area contributed by atoms with Gasteiger partial charge in [-0.2, -0.15) is 0 Å². The molecule has 0 fully saturated rings. The molecule has 3 heteroatoms. The third-order valence-electron chi connectivity index (χ3n) is 1.63. The second-order valence-corrected chi connectivity index (χ2v) is 3.84. The number of ether oxygens (including phenoxy) is 1. The van der Waals surface area contributed by atoms with Gasteiger partial charge in [0.2, 0.25) is 0 Å². The Hall–Kier alpha value is -0.580. The summed E-state index contributed by atoms with van der Waals surface area (Å²) in [4.78, 5) is 10.5. The lowest BCUT2D eigenvalue weighted by atomic mass is 10.2. The van der Waals surface area contributed by atoms with Crippen molar-refractivity contribution in [3.05, 3.63) is 33.4 Å². The largest absolute Gasteiger partial charge is 0.466 e. The Bertz CT molecular complexity index is 297. The lowest BCUT2D eigenvalue weighted by Gasteiger charge is -2.03. The van der Waals surface area contributed by atoms with Crippen LogP contribution in [0.15, 0.2) is 24.3 Å². The second kappa shape index (κ2) is 5.21. The first-order valence-corrected chi connectivity index (χ1v) is 5.15. The highest BCUT2D eigenvalue weighted by molar-refractivity contribution is 14.1. The van der Waals surface area contributed by atoms with E-state index in [2.05, 4.69) is 22.6 Å². The number of hydrogen-bond donors (Lipinski definition) is 0. The van der Waals surface area contributed by atoms with Gasteiger partial charge in [-0.25, -0.2) is 0 Å². The van der Waals surface area contributed by atoms with Crippen molar-refractivity contribution in [3.8, 4) is 0 Å².